The van der Waals surface area contributed by atoms with Gasteiger partial charge in [0.1, 0.15) is 0 Å². The standard InChI is InChI=1S/C20H16N4O4/c1-23-18(26)9-10-24(20(23)28)12-17(25)15(11-21)19(27)22-16-8-4-6-13-5-2-3-7-14(13)16/h2-10,15H,12H2,1H3,(H,22,27). The summed E-state index contributed by atoms with van der Waals surface area (Å²) in [5.74, 6) is -3.12. The Hall–Kier alpha value is -3.99. The molecule has 140 valence electrons. The van der Waals surface area contributed by atoms with Crippen LogP contribution in [-0.4, -0.2) is 20.8 Å². The first-order valence-corrected chi connectivity index (χ1v) is 8.40. The van der Waals surface area contributed by atoms with E-state index in [0.717, 1.165) is 26.0 Å². The van der Waals surface area contributed by atoms with E-state index in [1.54, 1.807) is 18.2 Å². The van der Waals surface area contributed by atoms with Crippen LogP contribution in [0.4, 0.5) is 5.69 Å². The Morgan fingerprint density at radius 3 is 2.57 bits per heavy atom. The van der Waals surface area contributed by atoms with E-state index in [1.165, 1.54) is 13.2 Å². The number of nitrogens with zero attached hydrogens (tertiary/aromatic N) is 3. The molecule has 0 aliphatic carbocycles. The lowest BCUT2D eigenvalue weighted by Gasteiger charge is -2.12. The highest BCUT2D eigenvalue weighted by molar-refractivity contribution is 6.12. The maximum Gasteiger partial charge on any atom is 0.331 e. The van der Waals surface area contributed by atoms with Crippen LogP contribution >= 0.6 is 0 Å². The van der Waals surface area contributed by atoms with E-state index in [9.17, 15) is 24.4 Å². The van der Waals surface area contributed by atoms with E-state index in [0.29, 0.717) is 5.69 Å². The van der Waals surface area contributed by atoms with Crippen LogP contribution in [-0.2, 0) is 23.2 Å². The van der Waals surface area contributed by atoms with Gasteiger partial charge in [0.05, 0.1) is 12.6 Å². The van der Waals surface area contributed by atoms with Gasteiger partial charge in [-0.1, -0.05) is 36.4 Å². The van der Waals surface area contributed by atoms with Crippen molar-refractivity contribution in [2.24, 2.45) is 13.0 Å². The van der Waals surface area contributed by atoms with Crippen molar-refractivity contribution in [3.63, 3.8) is 0 Å². The number of hydrogen-bond acceptors (Lipinski definition) is 5. The summed E-state index contributed by atoms with van der Waals surface area (Å²) < 4.78 is 1.82. The molecule has 0 fully saturated rings. The fraction of sp³-hybridized carbons (Fsp3) is 0.150. The lowest BCUT2D eigenvalue weighted by molar-refractivity contribution is -0.129. The Morgan fingerprint density at radius 2 is 1.82 bits per heavy atom. The van der Waals surface area contributed by atoms with E-state index in [-0.39, 0.29) is 0 Å². The lowest BCUT2D eigenvalue weighted by atomic mass is 10.0. The van der Waals surface area contributed by atoms with Crippen molar-refractivity contribution < 1.29 is 9.59 Å². The number of benzene rings is 2. The smallest absolute Gasteiger partial charge is 0.324 e. The zero-order valence-electron chi connectivity index (χ0n) is 15.0. The molecule has 0 aliphatic rings. The van der Waals surface area contributed by atoms with Gasteiger partial charge in [0.15, 0.2) is 11.7 Å². The van der Waals surface area contributed by atoms with Crippen LogP contribution in [0.2, 0.25) is 0 Å². The highest BCUT2D eigenvalue weighted by atomic mass is 16.2. The van der Waals surface area contributed by atoms with E-state index < -0.39 is 35.4 Å². The zero-order chi connectivity index (χ0) is 20.3. The molecule has 0 aliphatic heterocycles. The highest BCUT2D eigenvalue weighted by Crippen LogP contribution is 2.23. The molecule has 1 atom stereocenters. The first-order valence-electron chi connectivity index (χ1n) is 8.40. The van der Waals surface area contributed by atoms with Crippen molar-refractivity contribution >= 4 is 28.2 Å². The van der Waals surface area contributed by atoms with E-state index >= 15 is 0 Å². The lowest BCUT2D eigenvalue weighted by Crippen LogP contribution is -2.40. The molecule has 1 unspecified atom stereocenters. The van der Waals surface area contributed by atoms with Crippen molar-refractivity contribution in [3.05, 3.63) is 75.6 Å². The van der Waals surface area contributed by atoms with Crippen LogP contribution in [0.1, 0.15) is 0 Å². The minimum Gasteiger partial charge on any atom is -0.324 e. The third kappa shape index (κ3) is 3.59. The maximum absolute atomic E-state index is 12.5. The number of rotatable bonds is 5. The molecule has 0 spiro atoms. The molecular weight excluding hydrogens is 360 g/mol. The number of carbonyl (C=O) groups excluding carboxylic acids is 2. The zero-order valence-corrected chi connectivity index (χ0v) is 15.0. The van der Waals surface area contributed by atoms with Gasteiger partial charge in [-0.2, -0.15) is 5.26 Å². The van der Waals surface area contributed by atoms with Crippen molar-refractivity contribution in [2.75, 3.05) is 5.32 Å². The van der Waals surface area contributed by atoms with Gasteiger partial charge in [-0.3, -0.25) is 23.5 Å². The van der Waals surface area contributed by atoms with E-state index in [4.69, 9.17) is 0 Å². The number of ketones is 1. The number of Topliss-reactive ketones (excluding diaryl/α,β-unsaturated/α-hetero) is 1. The molecule has 28 heavy (non-hydrogen) atoms. The molecular formula is C20H16N4O4. The molecule has 3 aromatic rings. The molecule has 0 saturated carbocycles. The van der Waals surface area contributed by atoms with Gasteiger partial charge in [-0.05, 0) is 11.5 Å². The van der Waals surface area contributed by atoms with Gasteiger partial charge < -0.3 is 5.32 Å². The summed E-state index contributed by atoms with van der Waals surface area (Å²) in [7, 11) is 1.28. The van der Waals surface area contributed by atoms with Gasteiger partial charge in [0, 0.05) is 30.4 Å². The van der Waals surface area contributed by atoms with Crippen molar-refractivity contribution in [1.29, 1.82) is 5.26 Å². The molecule has 1 aromatic heterocycles. The van der Waals surface area contributed by atoms with E-state index in [1.807, 2.05) is 30.3 Å². The monoisotopic (exact) mass is 376 g/mol. The second-order valence-electron chi connectivity index (χ2n) is 6.17. The number of fused-ring (bicyclic) bond motifs is 1. The maximum atomic E-state index is 12.5. The molecule has 3 rings (SSSR count). The van der Waals surface area contributed by atoms with E-state index in [2.05, 4.69) is 5.32 Å². The van der Waals surface area contributed by atoms with Crippen molar-refractivity contribution in [3.8, 4) is 6.07 Å². The topological polar surface area (TPSA) is 114 Å². The molecule has 1 amide bonds. The van der Waals surface area contributed by atoms with Crippen LogP contribution in [0.3, 0.4) is 0 Å². The van der Waals surface area contributed by atoms with Crippen LogP contribution in [0.15, 0.2) is 64.3 Å². The number of hydrogen-bond donors (Lipinski definition) is 1. The number of nitrogens with one attached hydrogen (secondary N) is 1. The number of carbonyl (C=O) groups is 2. The largest absolute Gasteiger partial charge is 0.331 e. The normalized spacial score (nSPS) is 11.6. The Kier molecular flexibility index (Phi) is 5.18. The number of aromatic nitrogens is 2. The molecule has 0 saturated heterocycles. The second kappa shape index (κ2) is 7.72. The second-order valence-corrected chi connectivity index (χ2v) is 6.17. The van der Waals surface area contributed by atoms with Crippen LogP contribution < -0.4 is 16.6 Å². The molecule has 8 nitrogen and oxygen atoms in total. The number of anilines is 1. The molecule has 0 radical (unpaired) electrons. The Bertz CT molecular complexity index is 1230. The third-order valence-corrected chi connectivity index (χ3v) is 4.35. The Labute approximate surface area is 159 Å². The summed E-state index contributed by atoms with van der Waals surface area (Å²) in [4.78, 5) is 48.5. The molecule has 8 heteroatoms. The average Bonchev–Trinajstić information content (AvgIpc) is 2.69. The fourth-order valence-corrected chi connectivity index (χ4v) is 2.81. The van der Waals surface area contributed by atoms with Gasteiger partial charge >= 0.3 is 5.69 Å². The van der Waals surface area contributed by atoms with Gasteiger partial charge in [-0.15, -0.1) is 0 Å². The molecule has 2 aromatic carbocycles. The fourth-order valence-electron chi connectivity index (χ4n) is 2.81. The van der Waals surface area contributed by atoms with Gasteiger partial charge in [0.25, 0.3) is 5.56 Å². The minimum absolute atomic E-state index is 0.482. The Morgan fingerprint density at radius 1 is 1.11 bits per heavy atom. The first kappa shape index (κ1) is 18.8. The van der Waals surface area contributed by atoms with Crippen LogP contribution in [0, 0.1) is 17.2 Å². The predicted octanol–water partition coefficient (Wildman–Crippen LogP) is 1.05. The summed E-state index contributed by atoms with van der Waals surface area (Å²) >= 11 is 0. The number of nitriles is 1. The summed E-state index contributed by atoms with van der Waals surface area (Å²) in [6.07, 6.45) is 1.17. The van der Waals surface area contributed by atoms with Crippen LogP contribution in [0.25, 0.3) is 10.8 Å². The summed E-state index contributed by atoms with van der Waals surface area (Å²) in [6, 6.07) is 15.5. The molecule has 0 bridgehead atoms. The Balaban J connectivity index is 1.83. The van der Waals surface area contributed by atoms with Crippen LogP contribution in [0.5, 0.6) is 0 Å². The minimum atomic E-state index is -1.59. The third-order valence-electron chi connectivity index (χ3n) is 4.35. The van der Waals surface area contributed by atoms with Crippen molar-refractivity contribution in [1.82, 2.24) is 9.13 Å². The molecule has 1 N–H and O–H groups in total. The molecule has 1 heterocycles. The SMILES string of the molecule is Cn1c(=O)ccn(CC(=O)C(C#N)C(=O)Nc2cccc3ccccc23)c1=O. The highest BCUT2D eigenvalue weighted by Gasteiger charge is 2.27. The summed E-state index contributed by atoms with van der Waals surface area (Å²) in [5, 5.41) is 13.6. The average molecular weight is 376 g/mol. The predicted molar refractivity (Wildman–Crippen MR) is 103 cm³/mol. The van der Waals surface area contributed by atoms with Crippen molar-refractivity contribution in [2.45, 2.75) is 6.54 Å². The van der Waals surface area contributed by atoms with Gasteiger partial charge in [0.2, 0.25) is 5.91 Å². The first-order chi connectivity index (χ1) is 13.4. The summed E-state index contributed by atoms with van der Waals surface area (Å²) in [5.41, 5.74) is -0.735. The number of amides is 1. The quantitative estimate of drug-likeness (QED) is 0.669. The summed E-state index contributed by atoms with van der Waals surface area (Å²) in [6.45, 7) is -0.492. The van der Waals surface area contributed by atoms with Gasteiger partial charge in [-0.25, -0.2) is 4.79 Å².